The fourth-order valence-electron chi connectivity index (χ4n) is 1.09. The van der Waals surface area contributed by atoms with Crippen LogP contribution in [0.3, 0.4) is 0 Å². The summed E-state index contributed by atoms with van der Waals surface area (Å²) in [6.07, 6.45) is -0.257. The predicted molar refractivity (Wildman–Crippen MR) is 52.0 cm³/mol. The van der Waals surface area contributed by atoms with Crippen molar-refractivity contribution in [1.82, 2.24) is 0 Å². The average molecular weight is 263 g/mol. The van der Waals surface area contributed by atoms with Crippen LogP contribution in [0.25, 0.3) is 0 Å². The molecule has 0 bridgehead atoms. The molecule has 0 radical (unpaired) electrons. The number of aliphatic carboxylic acids is 1. The fraction of sp³-hybridized carbons (Fsp3) is 0.222. The Kier molecular flexibility index (Phi) is 3.46. The van der Waals surface area contributed by atoms with Gasteiger partial charge in [-0.2, -0.15) is 0 Å². The van der Waals surface area contributed by atoms with Gasteiger partial charge in [0.15, 0.2) is 11.6 Å². The molecular weight excluding hydrogens is 255 g/mol. The highest BCUT2D eigenvalue weighted by Gasteiger charge is 2.14. The summed E-state index contributed by atoms with van der Waals surface area (Å²) in [5.74, 6) is -1.63. The van der Waals surface area contributed by atoms with Gasteiger partial charge >= 0.3 is 5.97 Å². The maximum absolute atomic E-state index is 13.3. The Hall–Kier alpha value is -1.10. The van der Waals surface area contributed by atoms with Gasteiger partial charge in [0.05, 0.1) is 18.0 Å². The Morgan fingerprint density at radius 1 is 1.64 bits per heavy atom. The summed E-state index contributed by atoms with van der Waals surface area (Å²) in [4.78, 5) is 10.4. The van der Waals surface area contributed by atoms with Crippen molar-refractivity contribution in [3.05, 3.63) is 28.0 Å². The van der Waals surface area contributed by atoms with Gasteiger partial charge in [-0.3, -0.25) is 4.79 Å². The largest absolute Gasteiger partial charge is 0.493 e. The number of hydrogen-bond acceptors (Lipinski definition) is 2. The summed E-state index contributed by atoms with van der Waals surface area (Å²) >= 11 is 2.98. The molecule has 1 aromatic carbocycles. The highest BCUT2D eigenvalue weighted by atomic mass is 79.9. The van der Waals surface area contributed by atoms with E-state index in [1.54, 1.807) is 0 Å². The van der Waals surface area contributed by atoms with Crippen LogP contribution in [0, 0.1) is 5.82 Å². The topological polar surface area (TPSA) is 46.5 Å². The first-order valence-corrected chi connectivity index (χ1v) is 4.58. The molecule has 0 atom stereocenters. The smallest absolute Gasteiger partial charge is 0.307 e. The summed E-state index contributed by atoms with van der Waals surface area (Å²) in [6, 6.07) is 2.97. The van der Waals surface area contributed by atoms with E-state index in [0.717, 1.165) is 0 Å². The van der Waals surface area contributed by atoms with Gasteiger partial charge in [-0.05, 0) is 22.0 Å². The standard InChI is InChI=1S/C9H8BrFO3/c1-14-9-5(4-7(12)13)2-3-6(10)8(9)11/h2-3H,4H2,1H3,(H,12,13). The van der Waals surface area contributed by atoms with Crippen molar-refractivity contribution in [2.24, 2.45) is 0 Å². The lowest BCUT2D eigenvalue weighted by atomic mass is 10.1. The molecule has 0 aromatic heterocycles. The molecule has 0 unspecified atom stereocenters. The van der Waals surface area contributed by atoms with E-state index < -0.39 is 11.8 Å². The molecule has 1 aromatic rings. The van der Waals surface area contributed by atoms with Gasteiger partial charge in [-0.15, -0.1) is 0 Å². The first kappa shape index (κ1) is 11.0. The summed E-state index contributed by atoms with van der Waals surface area (Å²) in [5, 5.41) is 8.56. The van der Waals surface area contributed by atoms with Crippen molar-refractivity contribution in [3.63, 3.8) is 0 Å². The lowest BCUT2D eigenvalue weighted by Gasteiger charge is -2.08. The minimum atomic E-state index is -1.02. The summed E-state index contributed by atoms with van der Waals surface area (Å²) < 4.78 is 18.4. The van der Waals surface area contributed by atoms with Crippen LogP contribution in [0.4, 0.5) is 4.39 Å². The van der Waals surface area contributed by atoms with Crippen molar-refractivity contribution in [2.45, 2.75) is 6.42 Å². The lowest BCUT2D eigenvalue weighted by molar-refractivity contribution is -0.136. The molecular formula is C9H8BrFO3. The molecule has 0 saturated heterocycles. The van der Waals surface area contributed by atoms with Crippen LogP contribution in [0.1, 0.15) is 5.56 Å². The van der Waals surface area contributed by atoms with Crippen molar-refractivity contribution in [2.75, 3.05) is 7.11 Å². The second kappa shape index (κ2) is 4.41. The quantitative estimate of drug-likeness (QED) is 0.909. The number of benzene rings is 1. The minimum Gasteiger partial charge on any atom is -0.493 e. The Morgan fingerprint density at radius 2 is 2.29 bits per heavy atom. The van der Waals surface area contributed by atoms with E-state index in [4.69, 9.17) is 9.84 Å². The zero-order chi connectivity index (χ0) is 10.7. The molecule has 0 spiro atoms. The summed E-state index contributed by atoms with van der Waals surface area (Å²) in [7, 11) is 1.30. The van der Waals surface area contributed by atoms with E-state index in [2.05, 4.69) is 15.9 Å². The first-order chi connectivity index (χ1) is 6.56. The Labute approximate surface area is 88.6 Å². The minimum absolute atomic E-state index is 0.0261. The molecule has 3 nitrogen and oxygen atoms in total. The number of carboxylic acids is 1. The van der Waals surface area contributed by atoms with Crippen LogP contribution < -0.4 is 4.74 Å². The third-order valence-corrected chi connectivity index (χ3v) is 2.29. The van der Waals surface area contributed by atoms with E-state index in [-0.39, 0.29) is 16.6 Å². The molecule has 0 aliphatic rings. The molecule has 0 amide bonds. The van der Waals surface area contributed by atoms with Crippen LogP contribution in [-0.2, 0) is 11.2 Å². The molecule has 14 heavy (non-hydrogen) atoms. The zero-order valence-electron chi connectivity index (χ0n) is 7.38. The number of halogens is 2. The van der Waals surface area contributed by atoms with E-state index in [1.165, 1.54) is 19.2 Å². The average Bonchev–Trinajstić information content (AvgIpc) is 2.11. The van der Waals surface area contributed by atoms with Crippen molar-refractivity contribution in [1.29, 1.82) is 0 Å². The molecule has 0 heterocycles. The monoisotopic (exact) mass is 262 g/mol. The lowest BCUT2D eigenvalue weighted by Crippen LogP contribution is -2.03. The molecule has 0 saturated carbocycles. The van der Waals surface area contributed by atoms with Crippen LogP contribution in [0.15, 0.2) is 16.6 Å². The molecule has 0 fully saturated rings. The highest BCUT2D eigenvalue weighted by Crippen LogP contribution is 2.29. The van der Waals surface area contributed by atoms with Gasteiger partial charge in [0.25, 0.3) is 0 Å². The number of hydrogen-bond donors (Lipinski definition) is 1. The normalized spacial score (nSPS) is 9.93. The zero-order valence-corrected chi connectivity index (χ0v) is 8.97. The molecule has 0 aliphatic heterocycles. The maximum atomic E-state index is 13.3. The molecule has 76 valence electrons. The number of rotatable bonds is 3. The second-order valence-electron chi connectivity index (χ2n) is 2.62. The number of methoxy groups -OCH3 is 1. The van der Waals surface area contributed by atoms with Crippen molar-refractivity contribution in [3.8, 4) is 5.75 Å². The van der Waals surface area contributed by atoms with Gasteiger partial charge in [-0.1, -0.05) is 6.07 Å². The third-order valence-electron chi connectivity index (χ3n) is 1.68. The third kappa shape index (κ3) is 2.23. The number of ether oxygens (including phenoxy) is 1. The fourth-order valence-corrected chi connectivity index (χ4v) is 1.41. The molecule has 1 rings (SSSR count). The van der Waals surface area contributed by atoms with Crippen molar-refractivity contribution >= 4 is 21.9 Å². The Bertz CT molecular complexity index is 365. The van der Waals surface area contributed by atoms with Gasteiger partial charge in [-0.25, -0.2) is 4.39 Å². The van der Waals surface area contributed by atoms with Gasteiger partial charge in [0, 0.05) is 5.56 Å². The van der Waals surface area contributed by atoms with E-state index >= 15 is 0 Å². The SMILES string of the molecule is COc1c(CC(=O)O)ccc(Br)c1F. The summed E-state index contributed by atoms with van der Waals surface area (Å²) in [5.41, 5.74) is 0.320. The van der Waals surface area contributed by atoms with Gasteiger partial charge in [0.1, 0.15) is 0 Å². The van der Waals surface area contributed by atoms with Gasteiger partial charge < -0.3 is 9.84 Å². The first-order valence-electron chi connectivity index (χ1n) is 3.79. The van der Waals surface area contributed by atoms with Crippen molar-refractivity contribution < 1.29 is 19.0 Å². The maximum Gasteiger partial charge on any atom is 0.307 e. The molecule has 0 aliphatic carbocycles. The highest BCUT2D eigenvalue weighted by molar-refractivity contribution is 9.10. The van der Waals surface area contributed by atoms with Crippen LogP contribution in [0.2, 0.25) is 0 Å². The summed E-state index contributed by atoms with van der Waals surface area (Å²) in [6.45, 7) is 0. The van der Waals surface area contributed by atoms with E-state index in [0.29, 0.717) is 5.56 Å². The molecule has 1 N–H and O–H groups in total. The second-order valence-corrected chi connectivity index (χ2v) is 3.48. The van der Waals surface area contributed by atoms with Crippen LogP contribution in [-0.4, -0.2) is 18.2 Å². The van der Waals surface area contributed by atoms with Crippen LogP contribution >= 0.6 is 15.9 Å². The number of carboxylic acid groups (broad SMARTS) is 1. The Balaban J connectivity index is 3.17. The van der Waals surface area contributed by atoms with E-state index in [9.17, 15) is 9.18 Å². The number of carbonyl (C=O) groups is 1. The predicted octanol–water partition coefficient (Wildman–Crippen LogP) is 2.22. The molecule has 5 heteroatoms. The van der Waals surface area contributed by atoms with E-state index in [1.807, 2.05) is 0 Å². The van der Waals surface area contributed by atoms with Gasteiger partial charge in [0.2, 0.25) is 0 Å². The Morgan fingerprint density at radius 3 is 2.79 bits per heavy atom. The van der Waals surface area contributed by atoms with Crippen LogP contribution in [0.5, 0.6) is 5.75 Å².